The highest BCUT2D eigenvalue weighted by atomic mass is 35.5. The molecule has 0 saturated heterocycles. The molecule has 0 heterocycles. The Balaban J connectivity index is 2.95. The molecule has 0 aliphatic carbocycles. The molecule has 14 heavy (non-hydrogen) atoms. The van der Waals surface area contributed by atoms with E-state index in [0.717, 1.165) is 17.0 Å². The Morgan fingerprint density at radius 1 is 1.50 bits per heavy atom. The van der Waals surface area contributed by atoms with Crippen LogP contribution < -0.4 is 10.1 Å². The molecule has 0 unspecified atom stereocenters. The summed E-state index contributed by atoms with van der Waals surface area (Å²) in [6.45, 7) is 2.48. The second-order valence-electron chi connectivity index (χ2n) is 2.95. The highest BCUT2D eigenvalue weighted by Gasteiger charge is 2.05. The Labute approximate surface area is 88.7 Å². The van der Waals surface area contributed by atoms with Crippen molar-refractivity contribution in [2.75, 3.05) is 25.6 Å². The largest absolute Gasteiger partial charge is 0.495 e. The summed E-state index contributed by atoms with van der Waals surface area (Å²) in [7, 11) is 1.60. The lowest BCUT2D eigenvalue weighted by molar-refractivity contribution is 0.311. The van der Waals surface area contributed by atoms with Gasteiger partial charge in [-0.25, -0.2) is 0 Å². The normalized spacial score (nSPS) is 10.0. The van der Waals surface area contributed by atoms with E-state index in [-0.39, 0.29) is 6.61 Å². The molecule has 78 valence electrons. The van der Waals surface area contributed by atoms with Crippen LogP contribution >= 0.6 is 11.6 Å². The molecule has 0 spiro atoms. The lowest BCUT2D eigenvalue weighted by Crippen LogP contribution is -2.06. The van der Waals surface area contributed by atoms with E-state index in [1.807, 2.05) is 13.0 Å². The Bertz CT molecular complexity index is 315. The van der Waals surface area contributed by atoms with Crippen LogP contribution in [-0.4, -0.2) is 25.4 Å². The number of aryl methyl sites for hydroxylation is 1. The lowest BCUT2D eigenvalue weighted by Gasteiger charge is -2.12. The third kappa shape index (κ3) is 2.53. The van der Waals surface area contributed by atoms with Crippen molar-refractivity contribution >= 4 is 17.3 Å². The van der Waals surface area contributed by atoms with E-state index in [9.17, 15) is 0 Å². The standard InChI is InChI=1S/C10H14ClNO2/c1-7-5-10(14-2)9(6-8(7)11)12-3-4-13/h5-6,12-13H,3-4H2,1-2H3. The summed E-state index contributed by atoms with van der Waals surface area (Å²) >= 11 is 5.96. The Kier molecular flexibility index (Phi) is 4.04. The number of anilines is 1. The van der Waals surface area contributed by atoms with Crippen molar-refractivity contribution < 1.29 is 9.84 Å². The molecule has 0 amide bonds. The lowest BCUT2D eigenvalue weighted by atomic mass is 10.2. The van der Waals surface area contributed by atoms with Gasteiger partial charge in [-0.3, -0.25) is 0 Å². The minimum Gasteiger partial charge on any atom is -0.495 e. The average Bonchev–Trinajstić information content (AvgIpc) is 2.19. The average molecular weight is 216 g/mol. The van der Waals surface area contributed by atoms with E-state index in [0.29, 0.717) is 11.6 Å². The van der Waals surface area contributed by atoms with Crippen molar-refractivity contribution in [1.82, 2.24) is 0 Å². The molecule has 0 aliphatic rings. The zero-order valence-electron chi connectivity index (χ0n) is 8.30. The fourth-order valence-corrected chi connectivity index (χ4v) is 1.32. The molecule has 3 nitrogen and oxygen atoms in total. The van der Waals surface area contributed by atoms with Gasteiger partial charge in [0.15, 0.2) is 0 Å². The molecular formula is C10H14ClNO2. The van der Waals surface area contributed by atoms with Crippen molar-refractivity contribution in [3.05, 3.63) is 22.7 Å². The maximum atomic E-state index is 8.68. The summed E-state index contributed by atoms with van der Waals surface area (Å²) in [4.78, 5) is 0. The number of aliphatic hydroxyl groups is 1. The minimum absolute atomic E-state index is 0.0780. The van der Waals surface area contributed by atoms with Gasteiger partial charge in [0, 0.05) is 11.6 Å². The van der Waals surface area contributed by atoms with Crippen molar-refractivity contribution in [2.24, 2.45) is 0 Å². The summed E-state index contributed by atoms with van der Waals surface area (Å²) in [5.74, 6) is 0.736. The van der Waals surface area contributed by atoms with Gasteiger partial charge in [0.25, 0.3) is 0 Å². The summed E-state index contributed by atoms with van der Waals surface area (Å²) < 4.78 is 5.18. The van der Waals surface area contributed by atoms with Gasteiger partial charge in [-0.15, -0.1) is 0 Å². The van der Waals surface area contributed by atoms with E-state index in [1.54, 1.807) is 13.2 Å². The molecule has 0 fully saturated rings. The van der Waals surface area contributed by atoms with Gasteiger partial charge < -0.3 is 15.2 Å². The molecule has 0 aliphatic heterocycles. The molecule has 1 rings (SSSR count). The van der Waals surface area contributed by atoms with Gasteiger partial charge >= 0.3 is 0 Å². The van der Waals surface area contributed by atoms with Gasteiger partial charge in [-0.1, -0.05) is 11.6 Å². The highest BCUT2D eigenvalue weighted by Crippen LogP contribution is 2.30. The molecule has 4 heteroatoms. The fourth-order valence-electron chi connectivity index (χ4n) is 1.15. The van der Waals surface area contributed by atoms with E-state index >= 15 is 0 Å². The minimum atomic E-state index is 0.0780. The van der Waals surface area contributed by atoms with Crippen molar-refractivity contribution in [1.29, 1.82) is 0 Å². The number of rotatable bonds is 4. The second kappa shape index (κ2) is 5.08. The first kappa shape index (κ1) is 11.1. The molecule has 0 bridgehead atoms. The summed E-state index contributed by atoms with van der Waals surface area (Å²) in [6.07, 6.45) is 0. The quantitative estimate of drug-likeness (QED) is 0.808. The zero-order chi connectivity index (χ0) is 10.6. The van der Waals surface area contributed by atoms with E-state index in [4.69, 9.17) is 21.4 Å². The van der Waals surface area contributed by atoms with E-state index in [1.165, 1.54) is 0 Å². The molecule has 0 radical (unpaired) electrons. The molecule has 0 atom stereocenters. The Hall–Kier alpha value is -0.930. The topological polar surface area (TPSA) is 41.5 Å². The van der Waals surface area contributed by atoms with Crippen molar-refractivity contribution in [3.63, 3.8) is 0 Å². The van der Waals surface area contributed by atoms with Crippen LogP contribution in [0.15, 0.2) is 12.1 Å². The fraction of sp³-hybridized carbons (Fsp3) is 0.400. The molecule has 1 aromatic carbocycles. The number of hydrogen-bond acceptors (Lipinski definition) is 3. The number of benzene rings is 1. The van der Waals surface area contributed by atoms with Gasteiger partial charge in [0.1, 0.15) is 5.75 Å². The zero-order valence-corrected chi connectivity index (χ0v) is 9.06. The Morgan fingerprint density at radius 3 is 2.79 bits per heavy atom. The second-order valence-corrected chi connectivity index (χ2v) is 3.36. The van der Waals surface area contributed by atoms with Crippen LogP contribution in [0, 0.1) is 6.92 Å². The third-order valence-electron chi connectivity index (χ3n) is 1.91. The SMILES string of the molecule is COc1cc(C)c(Cl)cc1NCCO. The van der Waals surface area contributed by atoms with Gasteiger partial charge in [0.05, 0.1) is 19.4 Å². The van der Waals surface area contributed by atoms with Crippen LogP contribution in [0.3, 0.4) is 0 Å². The maximum Gasteiger partial charge on any atom is 0.142 e. The van der Waals surface area contributed by atoms with Crippen LogP contribution in [0.1, 0.15) is 5.56 Å². The highest BCUT2D eigenvalue weighted by molar-refractivity contribution is 6.31. The number of halogens is 1. The smallest absolute Gasteiger partial charge is 0.142 e. The molecule has 2 N–H and O–H groups in total. The predicted octanol–water partition coefficient (Wildman–Crippen LogP) is 2.06. The van der Waals surface area contributed by atoms with E-state index in [2.05, 4.69) is 5.32 Å². The van der Waals surface area contributed by atoms with Gasteiger partial charge in [-0.05, 0) is 24.6 Å². The predicted molar refractivity (Wildman–Crippen MR) is 58.3 cm³/mol. The van der Waals surface area contributed by atoms with Crippen LogP contribution in [0.2, 0.25) is 5.02 Å². The van der Waals surface area contributed by atoms with E-state index < -0.39 is 0 Å². The summed E-state index contributed by atoms with van der Waals surface area (Å²) in [6, 6.07) is 3.66. The van der Waals surface area contributed by atoms with Gasteiger partial charge in [0.2, 0.25) is 0 Å². The first-order valence-electron chi connectivity index (χ1n) is 4.38. The number of nitrogens with one attached hydrogen (secondary N) is 1. The number of hydrogen-bond donors (Lipinski definition) is 2. The van der Waals surface area contributed by atoms with Crippen molar-refractivity contribution in [2.45, 2.75) is 6.92 Å². The number of aliphatic hydroxyl groups excluding tert-OH is 1. The maximum absolute atomic E-state index is 8.68. The third-order valence-corrected chi connectivity index (χ3v) is 2.32. The monoisotopic (exact) mass is 215 g/mol. The van der Waals surface area contributed by atoms with Gasteiger partial charge in [-0.2, -0.15) is 0 Å². The Morgan fingerprint density at radius 2 is 2.21 bits per heavy atom. The number of ether oxygens (including phenoxy) is 1. The first-order chi connectivity index (χ1) is 6.69. The first-order valence-corrected chi connectivity index (χ1v) is 4.75. The van der Waals surface area contributed by atoms with Crippen LogP contribution in [-0.2, 0) is 0 Å². The number of methoxy groups -OCH3 is 1. The molecule has 0 aromatic heterocycles. The molecular weight excluding hydrogens is 202 g/mol. The summed E-state index contributed by atoms with van der Waals surface area (Å²) in [5.41, 5.74) is 1.77. The summed E-state index contributed by atoms with van der Waals surface area (Å²) in [5, 5.41) is 12.4. The van der Waals surface area contributed by atoms with Crippen LogP contribution in [0.25, 0.3) is 0 Å². The van der Waals surface area contributed by atoms with Crippen LogP contribution in [0.5, 0.6) is 5.75 Å². The molecule has 1 aromatic rings. The van der Waals surface area contributed by atoms with Crippen LogP contribution in [0.4, 0.5) is 5.69 Å². The molecule has 0 saturated carbocycles. The van der Waals surface area contributed by atoms with Crippen molar-refractivity contribution in [3.8, 4) is 5.75 Å².